The number of rotatable bonds is 1. The molecule has 0 aliphatic carbocycles. The maximum absolute atomic E-state index is 11.0. The van der Waals surface area contributed by atoms with Gasteiger partial charge in [-0.05, 0) is 6.08 Å². The van der Waals surface area contributed by atoms with Gasteiger partial charge in [0, 0.05) is 5.56 Å². The average molecular weight is 190 g/mol. The van der Waals surface area contributed by atoms with E-state index in [-0.39, 0.29) is 0 Å². The number of nitrogens with zero attached hydrogens (tertiary/aromatic N) is 1. The molecule has 0 unspecified atom stereocenters. The first-order valence-electron chi connectivity index (χ1n) is 4.27. The molecule has 4 heteroatoms. The number of hydrogen-bond acceptors (Lipinski definition) is 2. The lowest BCUT2D eigenvalue weighted by Gasteiger charge is -2.15. The van der Waals surface area contributed by atoms with Crippen molar-refractivity contribution in [3.63, 3.8) is 0 Å². The van der Waals surface area contributed by atoms with Crippen molar-refractivity contribution in [3.8, 4) is 0 Å². The number of urea groups is 1. The summed E-state index contributed by atoms with van der Waals surface area (Å²) in [6.07, 6.45) is 1.82. The molecule has 72 valence electrons. The number of amides is 2. The van der Waals surface area contributed by atoms with Gasteiger partial charge in [0.15, 0.2) is 0 Å². The van der Waals surface area contributed by atoms with Crippen LogP contribution in [0.25, 0.3) is 5.70 Å². The molecule has 1 aliphatic rings. The Morgan fingerprint density at radius 3 is 2.71 bits per heavy atom. The molecule has 0 bridgehead atoms. The van der Waals surface area contributed by atoms with E-state index < -0.39 is 6.03 Å². The quantitative estimate of drug-likeness (QED) is 0.726. The Morgan fingerprint density at radius 2 is 2.07 bits per heavy atom. The zero-order chi connectivity index (χ0) is 9.97. The van der Waals surface area contributed by atoms with E-state index in [1.54, 1.807) is 0 Å². The first-order valence-corrected chi connectivity index (χ1v) is 4.27. The fourth-order valence-corrected chi connectivity index (χ4v) is 1.37. The van der Waals surface area contributed by atoms with Crippen molar-refractivity contribution in [1.29, 1.82) is 0 Å². The van der Waals surface area contributed by atoms with E-state index in [1.807, 2.05) is 36.4 Å². The number of carbonyl (C=O) groups excluding carboxylic acids is 1. The highest BCUT2D eigenvalue weighted by Gasteiger charge is 2.21. The van der Waals surface area contributed by atoms with Crippen LogP contribution in [0.2, 0.25) is 0 Å². The van der Waals surface area contributed by atoms with Crippen LogP contribution in [-0.4, -0.2) is 17.7 Å². The van der Waals surface area contributed by atoms with Crippen molar-refractivity contribution in [3.05, 3.63) is 42.0 Å². The van der Waals surface area contributed by atoms with Gasteiger partial charge in [0.25, 0.3) is 0 Å². The summed E-state index contributed by atoms with van der Waals surface area (Å²) >= 11 is 0. The summed E-state index contributed by atoms with van der Waals surface area (Å²) in [6, 6.07) is 8.90. The lowest BCUT2D eigenvalue weighted by atomic mass is 10.1. The topological polar surface area (TPSA) is 55.6 Å². The molecular formula is C10H10N2O2. The van der Waals surface area contributed by atoms with E-state index in [9.17, 15) is 4.79 Å². The number of carbonyl (C=O) groups is 1. The molecule has 0 radical (unpaired) electrons. The summed E-state index contributed by atoms with van der Waals surface area (Å²) < 4.78 is 0. The zero-order valence-corrected chi connectivity index (χ0v) is 7.51. The Labute approximate surface area is 81.5 Å². The largest absolute Gasteiger partial charge is 0.349 e. The second kappa shape index (κ2) is 3.51. The van der Waals surface area contributed by atoms with Gasteiger partial charge in [0.05, 0.1) is 12.3 Å². The van der Waals surface area contributed by atoms with E-state index >= 15 is 0 Å². The molecule has 4 nitrogen and oxygen atoms in total. The highest BCUT2D eigenvalue weighted by Crippen LogP contribution is 2.23. The minimum absolute atomic E-state index is 0.382. The Morgan fingerprint density at radius 1 is 1.36 bits per heavy atom. The fourth-order valence-electron chi connectivity index (χ4n) is 1.37. The molecule has 1 aromatic carbocycles. The van der Waals surface area contributed by atoms with Crippen LogP contribution in [0.15, 0.2) is 36.4 Å². The third kappa shape index (κ3) is 1.47. The molecule has 0 saturated carbocycles. The van der Waals surface area contributed by atoms with Crippen LogP contribution < -0.4 is 5.73 Å². The van der Waals surface area contributed by atoms with Crippen molar-refractivity contribution in [2.75, 3.05) is 6.61 Å². The van der Waals surface area contributed by atoms with Gasteiger partial charge in [0.2, 0.25) is 0 Å². The van der Waals surface area contributed by atoms with Crippen LogP contribution in [-0.2, 0) is 4.84 Å². The van der Waals surface area contributed by atoms with Gasteiger partial charge in [-0.25, -0.2) is 4.79 Å². The van der Waals surface area contributed by atoms with Crippen molar-refractivity contribution in [2.24, 2.45) is 5.73 Å². The molecule has 1 heterocycles. The Kier molecular flexibility index (Phi) is 2.20. The van der Waals surface area contributed by atoms with Gasteiger partial charge in [-0.1, -0.05) is 30.3 Å². The molecule has 2 amide bonds. The standard InChI is InChI=1S/C10H10N2O2/c11-10(13)12-9(6-7-14-12)8-4-2-1-3-5-8/h1-6H,7H2,(H2,11,13). The minimum atomic E-state index is -0.599. The molecule has 0 aromatic heterocycles. The predicted molar refractivity (Wildman–Crippen MR) is 51.8 cm³/mol. The third-order valence-corrected chi connectivity index (χ3v) is 1.97. The molecule has 1 aliphatic heterocycles. The Balaban J connectivity index is 2.31. The number of primary amides is 1. The zero-order valence-electron chi connectivity index (χ0n) is 7.51. The Hall–Kier alpha value is -1.81. The van der Waals surface area contributed by atoms with Crippen molar-refractivity contribution < 1.29 is 9.63 Å². The van der Waals surface area contributed by atoms with Crippen LogP contribution in [0, 0.1) is 0 Å². The monoisotopic (exact) mass is 190 g/mol. The van der Waals surface area contributed by atoms with E-state index in [0.717, 1.165) is 10.6 Å². The van der Waals surface area contributed by atoms with Crippen molar-refractivity contribution in [2.45, 2.75) is 0 Å². The van der Waals surface area contributed by atoms with Crippen LogP contribution >= 0.6 is 0 Å². The summed E-state index contributed by atoms with van der Waals surface area (Å²) in [5.41, 5.74) is 6.77. The van der Waals surface area contributed by atoms with Crippen LogP contribution in [0.1, 0.15) is 5.56 Å². The van der Waals surface area contributed by atoms with Gasteiger partial charge in [-0.2, -0.15) is 5.06 Å². The minimum Gasteiger partial charge on any atom is -0.349 e. The van der Waals surface area contributed by atoms with Gasteiger partial charge >= 0.3 is 6.03 Å². The third-order valence-electron chi connectivity index (χ3n) is 1.97. The summed E-state index contributed by atoms with van der Waals surface area (Å²) in [4.78, 5) is 16.0. The summed E-state index contributed by atoms with van der Waals surface area (Å²) in [7, 11) is 0. The molecule has 0 fully saturated rings. The molecular weight excluding hydrogens is 180 g/mol. The van der Waals surface area contributed by atoms with Crippen LogP contribution in [0.4, 0.5) is 4.79 Å². The molecule has 14 heavy (non-hydrogen) atoms. The summed E-state index contributed by atoms with van der Waals surface area (Å²) in [5, 5.41) is 1.11. The van der Waals surface area contributed by atoms with Crippen LogP contribution in [0.5, 0.6) is 0 Å². The second-order valence-corrected chi connectivity index (χ2v) is 2.88. The molecule has 0 atom stereocenters. The average Bonchev–Trinajstić information content (AvgIpc) is 2.67. The van der Waals surface area contributed by atoms with E-state index in [0.29, 0.717) is 12.3 Å². The first kappa shape index (κ1) is 8.77. The second-order valence-electron chi connectivity index (χ2n) is 2.88. The lowest BCUT2D eigenvalue weighted by Crippen LogP contribution is -2.31. The smallest absolute Gasteiger partial charge is 0.343 e. The summed E-state index contributed by atoms with van der Waals surface area (Å²) in [5.74, 6) is 0. The Bertz CT molecular complexity index is 373. The lowest BCUT2D eigenvalue weighted by molar-refractivity contribution is -0.0373. The maximum atomic E-state index is 11.0. The molecule has 0 spiro atoms. The van der Waals surface area contributed by atoms with E-state index in [4.69, 9.17) is 10.6 Å². The maximum Gasteiger partial charge on any atom is 0.343 e. The van der Waals surface area contributed by atoms with E-state index in [1.165, 1.54) is 0 Å². The van der Waals surface area contributed by atoms with Gasteiger partial charge in [-0.3, -0.25) is 4.84 Å². The van der Waals surface area contributed by atoms with E-state index in [2.05, 4.69) is 0 Å². The predicted octanol–water partition coefficient (Wildman–Crippen LogP) is 1.35. The van der Waals surface area contributed by atoms with Gasteiger partial charge in [0.1, 0.15) is 0 Å². The SMILES string of the molecule is NC(=O)N1OCC=C1c1ccccc1. The normalized spacial score (nSPS) is 15.4. The number of hydroxylamine groups is 2. The van der Waals surface area contributed by atoms with Gasteiger partial charge in [-0.15, -0.1) is 0 Å². The molecule has 1 aromatic rings. The number of benzene rings is 1. The number of hydrogen-bond donors (Lipinski definition) is 1. The molecule has 0 saturated heterocycles. The first-order chi connectivity index (χ1) is 6.79. The molecule has 2 rings (SSSR count). The highest BCUT2D eigenvalue weighted by atomic mass is 16.7. The highest BCUT2D eigenvalue weighted by molar-refractivity contribution is 5.83. The fraction of sp³-hybridized carbons (Fsp3) is 0.100. The number of nitrogens with two attached hydrogens (primary N) is 1. The van der Waals surface area contributed by atoms with Crippen molar-refractivity contribution >= 4 is 11.7 Å². The van der Waals surface area contributed by atoms with Crippen molar-refractivity contribution in [1.82, 2.24) is 5.06 Å². The van der Waals surface area contributed by atoms with Crippen LogP contribution in [0.3, 0.4) is 0 Å². The molecule has 2 N–H and O–H groups in total. The van der Waals surface area contributed by atoms with Gasteiger partial charge < -0.3 is 5.73 Å². The summed E-state index contributed by atoms with van der Waals surface area (Å²) in [6.45, 7) is 0.382.